The largest absolute Gasteiger partial charge is 0.492 e. The summed E-state index contributed by atoms with van der Waals surface area (Å²) < 4.78 is 31.9. The maximum Gasteiger partial charge on any atom is 0.236 e. The van der Waals surface area contributed by atoms with Crippen LogP contribution in [0.1, 0.15) is 12.5 Å². The molecule has 0 radical (unpaired) electrons. The van der Waals surface area contributed by atoms with Crippen LogP contribution in [0.15, 0.2) is 48.5 Å². The summed E-state index contributed by atoms with van der Waals surface area (Å²) in [7, 11) is -3.50. The van der Waals surface area contributed by atoms with Gasteiger partial charge >= 0.3 is 0 Å². The Labute approximate surface area is 136 Å². The number of ether oxygens (including phenoxy) is 1. The van der Waals surface area contributed by atoms with E-state index in [-0.39, 0.29) is 12.4 Å². The molecule has 1 N–H and O–H groups in total. The Kier molecular flexibility index (Phi) is 5.69. The smallest absolute Gasteiger partial charge is 0.236 e. The molecule has 4 nitrogen and oxygen atoms in total. The molecule has 118 valence electrons. The van der Waals surface area contributed by atoms with Gasteiger partial charge in [0, 0.05) is 0 Å². The molecule has 0 heterocycles. The van der Waals surface area contributed by atoms with Crippen LogP contribution in [-0.2, 0) is 16.4 Å². The third-order valence-electron chi connectivity index (χ3n) is 3.09. The van der Waals surface area contributed by atoms with Gasteiger partial charge in [0.1, 0.15) is 18.1 Å². The van der Waals surface area contributed by atoms with Crippen LogP contribution < -0.4 is 9.46 Å². The van der Waals surface area contributed by atoms with Gasteiger partial charge in [-0.25, -0.2) is 8.42 Å². The number of sulfonamides is 1. The van der Waals surface area contributed by atoms with E-state index in [4.69, 9.17) is 16.3 Å². The van der Waals surface area contributed by atoms with Gasteiger partial charge in [0.05, 0.1) is 10.7 Å². The van der Waals surface area contributed by atoms with Crippen LogP contribution in [-0.4, -0.2) is 20.8 Å². The van der Waals surface area contributed by atoms with Crippen LogP contribution in [0.5, 0.6) is 5.75 Å². The van der Waals surface area contributed by atoms with Crippen LogP contribution in [0, 0.1) is 0 Å². The van der Waals surface area contributed by atoms with Crippen molar-refractivity contribution in [3.63, 3.8) is 0 Å². The van der Waals surface area contributed by atoms with Gasteiger partial charge in [-0.15, -0.1) is 0 Å². The number of nitrogens with one attached hydrogen (secondary N) is 1. The molecule has 0 amide bonds. The number of benzene rings is 2. The standard InChI is InChI=1S/C16H18ClNO3S/c1-2-13-7-9-14(10-8-13)21-11-12-22(19,20)18-16-6-4-3-5-15(16)17/h3-10,18H,2,11-12H2,1H3. The van der Waals surface area contributed by atoms with E-state index in [2.05, 4.69) is 11.6 Å². The van der Waals surface area contributed by atoms with Gasteiger partial charge in [0.15, 0.2) is 0 Å². The fraction of sp³-hybridized carbons (Fsp3) is 0.250. The van der Waals surface area contributed by atoms with Gasteiger partial charge < -0.3 is 4.74 Å². The number of aryl methyl sites for hydroxylation is 1. The third-order valence-corrected chi connectivity index (χ3v) is 4.66. The maximum absolute atomic E-state index is 12.0. The summed E-state index contributed by atoms with van der Waals surface area (Å²) in [6.07, 6.45) is 0.955. The Morgan fingerprint density at radius 2 is 1.77 bits per heavy atom. The molecule has 0 atom stereocenters. The highest BCUT2D eigenvalue weighted by Crippen LogP contribution is 2.21. The number of rotatable bonds is 7. The molecular weight excluding hydrogens is 322 g/mol. The van der Waals surface area contributed by atoms with E-state index in [1.54, 1.807) is 24.3 Å². The fourth-order valence-corrected chi connectivity index (χ4v) is 3.01. The Balaban J connectivity index is 1.88. The first-order valence-electron chi connectivity index (χ1n) is 6.97. The Hall–Kier alpha value is -1.72. The monoisotopic (exact) mass is 339 g/mol. The second-order valence-corrected chi connectivity index (χ2v) is 7.00. The summed E-state index contributed by atoms with van der Waals surface area (Å²) in [6, 6.07) is 14.3. The summed E-state index contributed by atoms with van der Waals surface area (Å²) in [6.45, 7) is 2.15. The minimum absolute atomic E-state index is 0.0747. The van der Waals surface area contributed by atoms with E-state index in [1.807, 2.05) is 24.3 Å². The highest BCUT2D eigenvalue weighted by atomic mass is 35.5. The normalized spacial score (nSPS) is 11.2. The van der Waals surface area contributed by atoms with E-state index < -0.39 is 10.0 Å². The van der Waals surface area contributed by atoms with Gasteiger partial charge in [-0.2, -0.15) is 0 Å². The molecule has 2 aromatic carbocycles. The lowest BCUT2D eigenvalue weighted by molar-refractivity contribution is 0.341. The average Bonchev–Trinajstić information content (AvgIpc) is 2.50. The fourth-order valence-electron chi connectivity index (χ4n) is 1.85. The Morgan fingerprint density at radius 3 is 2.41 bits per heavy atom. The van der Waals surface area contributed by atoms with E-state index >= 15 is 0 Å². The highest BCUT2D eigenvalue weighted by molar-refractivity contribution is 7.92. The predicted octanol–water partition coefficient (Wildman–Crippen LogP) is 3.72. The number of halogens is 1. The quantitative estimate of drug-likeness (QED) is 0.836. The van der Waals surface area contributed by atoms with Crippen molar-refractivity contribution in [3.8, 4) is 5.75 Å². The first kappa shape index (κ1) is 16.6. The first-order valence-corrected chi connectivity index (χ1v) is 9.00. The summed E-state index contributed by atoms with van der Waals surface area (Å²) in [4.78, 5) is 0. The Morgan fingerprint density at radius 1 is 1.09 bits per heavy atom. The number of anilines is 1. The number of para-hydroxylation sites is 1. The van der Waals surface area contributed by atoms with Crippen molar-refractivity contribution < 1.29 is 13.2 Å². The van der Waals surface area contributed by atoms with Crippen molar-refractivity contribution in [2.75, 3.05) is 17.1 Å². The second kappa shape index (κ2) is 7.51. The van der Waals surface area contributed by atoms with Crippen molar-refractivity contribution in [1.82, 2.24) is 0 Å². The van der Waals surface area contributed by atoms with E-state index in [0.717, 1.165) is 6.42 Å². The van der Waals surface area contributed by atoms with Gasteiger partial charge in [-0.05, 0) is 36.2 Å². The first-order chi connectivity index (χ1) is 10.5. The molecule has 0 saturated heterocycles. The van der Waals surface area contributed by atoms with E-state index in [0.29, 0.717) is 16.5 Å². The van der Waals surface area contributed by atoms with Crippen LogP contribution in [0.4, 0.5) is 5.69 Å². The maximum atomic E-state index is 12.0. The molecule has 0 fully saturated rings. The third kappa shape index (κ3) is 4.93. The van der Waals surface area contributed by atoms with E-state index in [1.165, 1.54) is 5.56 Å². The molecule has 0 unspecified atom stereocenters. The number of hydrogen-bond acceptors (Lipinski definition) is 3. The number of hydrogen-bond donors (Lipinski definition) is 1. The summed E-state index contributed by atoms with van der Waals surface area (Å²) in [5.74, 6) is 0.512. The molecule has 22 heavy (non-hydrogen) atoms. The molecule has 6 heteroatoms. The van der Waals surface area contributed by atoms with E-state index in [9.17, 15) is 8.42 Å². The zero-order chi connectivity index (χ0) is 16.0. The lowest BCUT2D eigenvalue weighted by atomic mass is 10.2. The van der Waals surface area contributed by atoms with Gasteiger partial charge in [-0.3, -0.25) is 4.72 Å². The average molecular weight is 340 g/mol. The molecular formula is C16H18ClNO3S. The van der Waals surface area contributed by atoms with Crippen LogP contribution >= 0.6 is 11.6 Å². The topological polar surface area (TPSA) is 55.4 Å². The van der Waals surface area contributed by atoms with Crippen LogP contribution in [0.2, 0.25) is 5.02 Å². The molecule has 0 aliphatic heterocycles. The molecule has 0 bridgehead atoms. The minimum atomic E-state index is -3.50. The molecule has 2 aromatic rings. The van der Waals surface area contributed by atoms with Crippen molar-refractivity contribution in [1.29, 1.82) is 0 Å². The van der Waals surface area contributed by atoms with Crippen LogP contribution in [0.3, 0.4) is 0 Å². The molecule has 0 aliphatic carbocycles. The molecule has 0 saturated carbocycles. The van der Waals surface area contributed by atoms with Crippen molar-refractivity contribution in [2.24, 2.45) is 0 Å². The molecule has 0 aromatic heterocycles. The van der Waals surface area contributed by atoms with Crippen molar-refractivity contribution >= 4 is 27.3 Å². The van der Waals surface area contributed by atoms with Crippen molar-refractivity contribution in [3.05, 3.63) is 59.1 Å². The molecule has 2 rings (SSSR count). The molecule has 0 aliphatic rings. The van der Waals surface area contributed by atoms with Crippen molar-refractivity contribution in [2.45, 2.75) is 13.3 Å². The minimum Gasteiger partial charge on any atom is -0.492 e. The highest BCUT2D eigenvalue weighted by Gasteiger charge is 2.12. The lowest BCUT2D eigenvalue weighted by Gasteiger charge is -2.10. The lowest BCUT2D eigenvalue weighted by Crippen LogP contribution is -2.21. The second-order valence-electron chi connectivity index (χ2n) is 4.75. The predicted molar refractivity (Wildman–Crippen MR) is 90.2 cm³/mol. The van der Waals surface area contributed by atoms with Gasteiger partial charge in [0.2, 0.25) is 10.0 Å². The summed E-state index contributed by atoms with van der Waals surface area (Å²) in [5.41, 5.74) is 1.58. The Bertz CT molecular complexity index is 714. The summed E-state index contributed by atoms with van der Waals surface area (Å²) in [5, 5.41) is 0.363. The van der Waals surface area contributed by atoms with Gasteiger partial charge in [-0.1, -0.05) is 42.8 Å². The zero-order valence-electron chi connectivity index (χ0n) is 12.3. The zero-order valence-corrected chi connectivity index (χ0v) is 13.8. The van der Waals surface area contributed by atoms with Crippen LogP contribution in [0.25, 0.3) is 0 Å². The molecule has 0 spiro atoms. The summed E-state index contributed by atoms with van der Waals surface area (Å²) >= 11 is 5.93. The SMILES string of the molecule is CCc1ccc(OCCS(=O)(=O)Nc2ccccc2Cl)cc1. The van der Waals surface area contributed by atoms with Gasteiger partial charge in [0.25, 0.3) is 0 Å².